The van der Waals surface area contributed by atoms with Gasteiger partial charge in [-0.15, -0.1) is 0 Å². The highest BCUT2D eigenvalue weighted by Gasteiger charge is 2.15. The van der Waals surface area contributed by atoms with Crippen molar-refractivity contribution >= 4 is 0 Å². The van der Waals surface area contributed by atoms with Crippen LogP contribution in [0.2, 0.25) is 0 Å². The maximum atomic E-state index is 14.4. The Hall–Kier alpha value is -3.26. The second-order valence-corrected chi connectivity index (χ2v) is 7.36. The Labute approximate surface area is 186 Å². The number of unbranched alkanes of at least 4 members (excludes halogenated alkanes) is 2. The molecule has 32 heavy (non-hydrogen) atoms. The molecule has 0 heterocycles. The first-order valence-corrected chi connectivity index (χ1v) is 10.7. The minimum atomic E-state index is -1.04. The van der Waals surface area contributed by atoms with E-state index in [4.69, 9.17) is 4.74 Å². The van der Waals surface area contributed by atoms with E-state index < -0.39 is 23.3 Å². The molecular formula is C27H24F4O. The largest absolute Gasteiger partial charge is 0.491 e. The second kappa shape index (κ2) is 10.9. The molecule has 0 fully saturated rings. The minimum Gasteiger partial charge on any atom is -0.491 e. The van der Waals surface area contributed by atoms with E-state index in [2.05, 4.69) is 18.8 Å². The number of benzene rings is 3. The molecule has 0 aliphatic rings. The van der Waals surface area contributed by atoms with E-state index in [0.717, 1.165) is 19.3 Å². The Morgan fingerprint density at radius 1 is 0.719 bits per heavy atom. The zero-order chi connectivity index (χ0) is 23.1. The minimum absolute atomic E-state index is 0.0227. The third-order valence-electron chi connectivity index (χ3n) is 5.10. The van der Waals surface area contributed by atoms with Gasteiger partial charge in [-0.3, -0.25) is 0 Å². The van der Waals surface area contributed by atoms with Crippen LogP contribution in [0.15, 0.2) is 48.5 Å². The van der Waals surface area contributed by atoms with Crippen molar-refractivity contribution in [3.8, 4) is 28.7 Å². The fourth-order valence-electron chi connectivity index (χ4n) is 3.34. The van der Waals surface area contributed by atoms with Gasteiger partial charge < -0.3 is 4.74 Å². The van der Waals surface area contributed by atoms with Gasteiger partial charge in [0.25, 0.3) is 0 Å². The predicted octanol–water partition coefficient (Wildman–Crippen LogP) is 7.44. The molecule has 0 bridgehead atoms. The summed E-state index contributed by atoms with van der Waals surface area (Å²) in [7, 11) is 0. The lowest BCUT2D eigenvalue weighted by molar-refractivity contribution is 0.314. The van der Waals surface area contributed by atoms with E-state index in [1.54, 1.807) is 37.3 Å². The van der Waals surface area contributed by atoms with Crippen LogP contribution in [-0.2, 0) is 6.42 Å². The molecule has 3 aromatic rings. The number of aryl methyl sites for hydroxylation is 1. The molecule has 0 aliphatic heterocycles. The summed E-state index contributed by atoms with van der Waals surface area (Å²) in [5, 5.41) is 0. The zero-order valence-electron chi connectivity index (χ0n) is 18.1. The van der Waals surface area contributed by atoms with Crippen LogP contribution < -0.4 is 4.74 Å². The van der Waals surface area contributed by atoms with E-state index in [1.165, 1.54) is 18.2 Å². The maximum absolute atomic E-state index is 14.4. The molecule has 3 aromatic carbocycles. The first-order valence-electron chi connectivity index (χ1n) is 10.7. The number of rotatable bonds is 7. The van der Waals surface area contributed by atoms with Gasteiger partial charge in [0.1, 0.15) is 0 Å². The van der Waals surface area contributed by atoms with Crippen molar-refractivity contribution in [1.82, 2.24) is 0 Å². The number of halogens is 4. The van der Waals surface area contributed by atoms with Crippen LogP contribution >= 0.6 is 0 Å². The highest BCUT2D eigenvalue weighted by Crippen LogP contribution is 2.30. The Balaban J connectivity index is 1.79. The van der Waals surface area contributed by atoms with Crippen LogP contribution in [0.3, 0.4) is 0 Å². The average Bonchev–Trinajstić information content (AvgIpc) is 2.80. The lowest BCUT2D eigenvalue weighted by Crippen LogP contribution is -1.98. The van der Waals surface area contributed by atoms with Gasteiger partial charge in [-0.25, -0.2) is 13.2 Å². The van der Waals surface area contributed by atoms with Crippen molar-refractivity contribution in [1.29, 1.82) is 0 Å². The van der Waals surface area contributed by atoms with E-state index in [-0.39, 0.29) is 23.5 Å². The van der Waals surface area contributed by atoms with Crippen molar-refractivity contribution in [3.63, 3.8) is 0 Å². The quantitative estimate of drug-likeness (QED) is 0.211. The van der Waals surface area contributed by atoms with Gasteiger partial charge in [-0.05, 0) is 61.2 Å². The van der Waals surface area contributed by atoms with Gasteiger partial charge in [0.05, 0.1) is 12.2 Å². The van der Waals surface area contributed by atoms with Crippen LogP contribution in [-0.4, -0.2) is 6.61 Å². The molecule has 0 radical (unpaired) electrons. The highest BCUT2D eigenvalue weighted by molar-refractivity contribution is 5.66. The fraction of sp³-hybridized carbons (Fsp3) is 0.259. The molecule has 1 nitrogen and oxygen atoms in total. The standard InChI is InChI=1S/C27H24F4O/c1-3-5-6-7-20-14-15-21(25(29)24(20)28)13-10-18-8-11-19(12-9-18)22-16-17-23(32-4-2)27(31)26(22)30/h8-9,11-12,14-17H,3-7H2,1-2H3. The molecule has 0 amide bonds. The summed E-state index contributed by atoms with van der Waals surface area (Å²) in [6.45, 7) is 3.97. The van der Waals surface area contributed by atoms with Gasteiger partial charge in [0, 0.05) is 11.1 Å². The van der Waals surface area contributed by atoms with Crippen molar-refractivity contribution in [2.75, 3.05) is 6.61 Å². The smallest absolute Gasteiger partial charge is 0.201 e. The molecule has 166 valence electrons. The third-order valence-corrected chi connectivity index (χ3v) is 5.10. The number of ether oxygens (including phenoxy) is 1. The summed E-state index contributed by atoms with van der Waals surface area (Å²) in [5.41, 5.74) is 1.43. The first-order chi connectivity index (χ1) is 15.5. The molecule has 0 unspecified atom stereocenters. The highest BCUT2D eigenvalue weighted by atomic mass is 19.2. The van der Waals surface area contributed by atoms with Crippen LogP contribution in [0.5, 0.6) is 5.75 Å². The first kappa shape index (κ1) is 23.4. The summed E-state index contributed by atoms with van der Waals surface area (Å²) in [4.78, 5) is 0. The lowest BCUT2D eigenvalue weighted by Gasteiger charge is -2.09. The second-order valence-electron chi connectivity index (χ2n) is 7.36. The van der Waals surface area contributed by atoms with Gasteiger partial charge in [-0.2, -0.15) is 4.39 Å². The van der Waals surface area contributed by atoms with Crippen LogP contribution in [0.25, 0.3) is 11.1 Å². The van der Waals surface area contributed by atoms with Crippen molar-refractivity contribution in [2.45, 2.75) is 39.5 Å². The molecule has 0 atom stereocenters. The third kappa shape index (κ3) is 5.31. The molecule has 0 saturated heterocycles. The predicted molar refractivity (Wildman–Crippen MR) is 119 cm³/mol. The van der Waals surface area contributed by atoms with Gasteiger partial charge in [0.2, 0.25) is 5.82 Å². The summed E-state index contributed by atoms with van der Waals surface area (Å²) in [6.07, 6.45) is 3.27. The fourth-order valence-corrected chi connectivity index (χ4v) is 3.34. The van der Waals surface area contributed by atoms with Crippen LogP contribution in [0, 0.1) is 35.1 Å². The summed E-state index contributed by atoms with van der Waals surface area (Å²) in [5.74, 6) is 1.47. The molecule has 0 aromatic heterocycles. The Morgan fingerprint density at radius 2 is 1.47 bits per heavy atom. The molecule has 0 spiro atoms. The summed E-state index contributed by atoms with van der Waals surface area (Å²) < 4.78 is 62.2. The molecule has 0 N–H and O–H groups in total. The molecule has 0 aliphatic carbocycles. The van der Waals surface area contributed by atoms with E-state index in [1.807, 2.05) is 0 Å². The Morgan fingerprint density at radius 3 is 2.16 bits per heavy atom. The number of hydrogen-bond acceptors (Lipinski definition) is 1. The molecule has 5 heteroatoms. The van der Waals surface area contributed by atoms with Crippen molar-refractivity contribution < 1.29 is 22.3 Å². The molecular weight excluding hydrogens is 416 g/mol. The van der Waals surface area contributed by atoms with E-state index in [0.29, 0.717) is 23.1 Å². The summed E-state index contributed by atoms with van der Waals surface area (Å²) in [6, 6.07) is 12.3. The SMILES string of the molecule is CCCCCc1ccc(C#Cc2ccc(-c3ccc(OCC)c(F)c3F)cc2)c(F)c1F. The lowest BCUT2D eigenvalue weighted by atomic mass is 10.0. The van der Waals surface area contributed by atoms with E-state index in [9.17, 15) is 17.6 Å². The topological polar surface area (TPSA) is 9.23 Å². The van der Waals surface area contributed by atoms with Crippen molar-refractivity contribution in [3.05, 3.63) is 88.5 Å². The van der Waals surface area contributed by atoms with E-state index >= 15 is 0 Å². The number of hydrogen-bond donors (Lipinski definition) is 0. The molecule has 3 rings (SSSR count). The van der Waals surface area contributed by atoms with Crippen LogP contribution in [0.1, 0.15) is 49.8 Å². The van der Waals surface area contributed by atoms with Gasteiger partial charge >= 0.3 is 0 Å². The van der Waals surface area contributed by atoms with Gasteiger partial charge in [0.15, 0.2) is 23.2 Å². The van der Waals surface area contributed by atoms with Gasteiger partial charge in [-0.1, -0.05) is 49.8 Å². The Bertz CT molecular complexity index is 1140. The normalized spacial score (nSPS) is 10.6. The van der Waals surface area contributed by atoms with Crippen molar-refractivity contribution in [2.24, 2.45) is 0 Å². The average molecular weight is 440 g/mol. The monoisotopic (exact) mass is 440 g/mol. The zero-order valence-corrected chi connectivity index (χ0v) is 18.1. The Kier molecular flexibility index (Phi) is 7.94. The van der Waals surface area contributed by atoms with Crippen LogP contribution in [0.4, 0.5) is 17.6 Å². The maximum Gasteiger partial charge on any atom is 0.201 e. The molecule has 0 saturated carbocycles. The summed E-state index contributed by atoms with van der Waals surface area (Å²) >= 11 is 0.